The molecule has 0 saturated carbocycles. The van der Waals surface area contributed by atoms with Crippen LogP contribution in [0.25, 0.3) is 0 Å². The molecular formula is C9H8Cl2N2O2. The molecule has 0 aliphatic heterocycles. The average molecular weight is 247 g/mol. The molecule has 0 unspecified atom stereocenters. The number of carbonyl (C=O) groups is 1. The minimum absolute atomic E-state index is 0.435. The van der Waals surface area contributed by atoms with Crippen LogP contribution in [0.15, 0.2) is 23.3 Å². The summed E-state index contributed by atoms with van der Waals surface area (Å²) < 4.78 is 0. The van der Waals surface area contributed by atoms with Gasteiger partial charge in [-0.15, -0.1) is 0 Å². The molecule has 0 bridgehead atoms. The van der Waals surface area contributed by atoms with Crippen molar-refractivity contribution in [1.82, 2.24) is 5.43 Å². The van der Waals surface area contributed by atoms with Gasteiger partial charge in [0.1, 0.15) is 6.61 Å². The van der Waals surface area contributed by atoms with E-state index in [0.29, 0.717) is 15.6 Å². The highest BCUT2D eigenvalue weighted by Crippen LogP contribution is 2.21. The van der Waals surface area contributed by atoms with Crippen molar-refractivity contribution in [3.8, 4) is 0 Å². The van der Waals surface area contributed by atoms with Crippen molar-refractivity contribution in [3.63, 3.8) is 0 Å². The summed E-state index contributed by atoms with van der Waals surface area (Å²) in [5.74, 6) is -0.602. The predicted molar refractivity (Wildman–Crippen MR) is 59.3 cm³/mol. The SMILES string of the molecule is O=C(CO)NN=Cc1c(Cl)cccc1Cl. The third-order valence-corrected chi connectivity index (χ3v) is 2.19. The summed E-state index contributed by atoms with van der Waals surface area (Å²) in [4.78, 5) is 10.6. The van der Waals surface area contributed by atoms with Gasteiger partial charge in [-0.2, -0.15) is 5.10 Å². The highest BCUT2D eigenvalue weighted by Gasteiger charge is 2.02. The van der Waals surface area contributed by atoms with Crippen molar-refractivity contribution in [1.29, 1.82) is 0 Å². The first-order valence-corrected chi connectivity index (χ1v) is 4.77. The van der Waals surface area contributed by atoms with E-state index in [4.69, 9.17) is 28.3 Å². The number of nitrogens with one attached hydrogen (secondary N) is 1. The molecule has 0 radical (unpaired) electrons. The number of hydrazone groups is 1. The minimum atomic E-state index is -0.617. The average Bonchev–Trinajstić information content (AvgIpc) is 2.22. The first-order valence-electron chi connectivity index (χ1n) is 4.02. The van der Waals surface area contributed by atoms with Gasteiger partial charge in [-0.3, -0.25) is 4.79 Å². The molecule has 0 spiro atoms. The first-order chi connectivity index (χ1) is 7.15. The zero-order valence-electron chi connectivity index (χ0n) is 7.58. The third kappa shape index (κ3) is 3.51. The molecule has 4 nitrogen and oxygen atoms in total. The van der Waals surface area contributed by atoms with E-state index >= 15 is 0 Å². The fourth-order valence-corrected chi connectivity index (χ4v) is 1.33. The van der Waals surface area contributed by atoms with Crippen molar-refractivity contribution >= 4 is 35.3 Å². The van der Waals surface area contributed by atoms with Crippen LogP contribution in [0.5, 0.6) is 0 Å². The smallest absolute Gasteiger partial charge is 0.265 e. The molecule has 80 valence electrons. The van der Waals surface area contributed by atoms with E-state index in [1.54, 1.807) is 18.2 Å². The second-order valence-corrected chi connectivity index (χ2v) is 3.40. The molecule has 2 N–H and O–H groups in total. The third-order valence-electron chi connectivity index (χ3n) is 1.53. The molecule has 1 amide bonds. The largest absolute Gasteiger partial charge is 0.386 e. The molecule has 0 heterocycles. The monoisotopic (exact) mass is 246 g/mol. The van der Waals surface area contributed by atoms with Gasteiger partial charge in [-0.25, -0.2) is 5.43 Å². The quantitative estimate of drug-likeness (QED) is 0.627. The summed E-state index contributed by atoms with van der Waals surface area (Å²) in [6.45, 7) is -0.617. The van der Waals surface area contributed by atoms with Crippen LogP contribution in [0.3, 0.4) is 0 Å². The van der Waals surface area contributed by atoms with Crippen LogP contribution in [-0.4, -0.2) is 23.8 Å². The van der Waals surface area contributed by atoms with Crippen molar-refractivity contribution < 1.29 is 9.90 Å². The Balaban J connectivity index is 2.76. The van der Waals surface area contributed by atoms with E-state index in [9.17, 15) is 4.79 Å². The topological polar surface area (TPSA) is 61.7 Å². The summed E-state index contributed by atoms with van der Waals surface area (Å²) in [7, 11) is 0. The Labute approximate surface area is 96.5 Å². The summed E-state index contributed by atoms with van der Waals surface area (Å²) in [5.41, 5.74) is 2.61. The number of rotatable bonds is 3. The number of aliphatic hydroxyl groups is 1. The van der Waals surface area contributed by atoms with E-state index in [1.165, 1.54) is 6.21 Å². The van der Waals surface area contributed by atoms with Crippen LogP contribution in [0.2, 0.25) is 10.0 Å². The zero-order valence-corrected chi connectivity index (χ0v) is 9.09. The number of nitrogens with zero attached hydrogens (tertiary/aromatic N) is 1. The normalized spacial score (nSPS) is 10.6. The second kappa shape index (κ2) is 5.70. The van der Waals surface area contributed by atoms with Crippen LogP contribution in [0, 0.1) is 0 Å². The van der Waals surface area contributed by atoms with Gasteiger partial charge in [0, 0.05) is 5.56 Å². The Hall–Kier alpha value is -1.10. The number of hydrogen-bond acceptors (Lipinski definition) is 3. The summed E-state index contributed by atoms with van der Waals surface area (Å²) in [6.07, 6.45) is 1.32. The van der Waals surface area contributed by atoms with Gasteiger partial charge in [0.15, 0.2) is 0 Å². The maximum absolute atomic E-state index is 10.6. The lowest BCUT2D eigenvalue weighted by molar-refractivity contribution is -0.123. The van der Waals surface area contributed by atoms with Gasteiger partial charge in [-0.1, -0.05) is 29.3 Å². The Morgan fingerprint density at radius 2 is 2.07 bits per heavy atom. The van der Waals surface area contributed by atoms with Gasteiger partial charge in [0.25, 0.3) is 5.91 Å². The van der Waals surface area contributed by atoms with Gasteiger partial charge in [0.05, 0.1) is 16.3 Å². The predicted octanol–water partition coefficient (Wildman–Crippen LogP) is 1.44. The zero-order chi connectivity index (χ0) is 11.3. The molecule has 0 aliphatic rings. The lowest BCUT2D eigenvalue weighted by Gasteiger charge is -2.00. The standard InChI is InChI=1S/C9H8Cl2N2O2/c10-7-2-1-3-8(11)6(7)4-12-13-9(15)5-14/h1-4,14H,5H2,(H,13,15). The van der Waals surface area contributed by atoms with E-state index < -0.39 is 12.5 Å². The van der Waals surface area contributed by atoms with Crippen LogP contribution in [0.1, 0.15) is 5.56 Å². The first kappa shape index (κ1) is 12.0. The highest BCUT2D eigenvalue weighted by molar-refractivity contribution is 6.38. The van der Waals surface area contributed by atoms with Crippen molar-refractivity contribution in [2.75, 3.05) is 6.61 Å². The highest BCUT2D eigenvalue weighted by atomic mass is 35.5. The Kier molecular flexibility index (Phi) is 4.55. The van der Waals surface area contributed by atoms with Crippen molar-refractivity contribution in [3.05, 3.63) is 33.8 Å². The summed E-state index contributed by atoms with van der Waals surface area (Å²) in [6, 6.07) is 5.01. The van der Waals surface area contributed by atoms with E-state index in [-0.39, 0.29) is 0 Å². The second-order valence-electron chi connectivity index (χ2n) is 2.59. The van der Waals surface area contributed by atoms with Gasteiger partial charge in [-0.05, 0) is 12.1 Å². The molecule has 1 aromatic carbocycles. The van der Waals surface area contributed by atoms with Gasteiger partial charge in [0.2, 0.25) is 0 Å². The molecule has 0 aromatic heterocycles. The fourth-order valence-electron chi connectivity index (χ4n) is 0.838. The molecule has 1 rings (SSSR count). The van der Waals surface area contributed by atoms with Crippen LogP contribution < -0.4 is 5.43 Å². The fraction of sp³-hybridized carbons (Fsp3) is 0.111. The van der Waals surface area contributed by atoms with Crippen molar-refractivity contribution in [2.45, 2.75) is 0 Å². The lowest BCUT2D eigenvalue weighted by Crippen LogP contribution is -2.20. The number of aliphatic hydroxyl groups excluding tert-OH is 1. The molecule has 0 aliphatic carbocycles. The van der Waals surface area contributed by atoms with Gasteiger partial charge < -0.3 is 5.11 Å². The molecule has 6 heteroatoms. The lowest BCUT2D eigenvalue weighted by atomic mass is 10.2. The Morgan fingerprint density at radius 3 is 2.60 bits per heavy atom. The molecule has 0 atom stereocenters. The molecule has 0 saturated heterocycles. The Morgan fingerprint density at radius 1 is 1.47 bits per heavy atom. The Bertz CT molecular complexity index is 373. The number of hydrogen-bond donors (Lipinski definition) is 2. The van der Waals surface area contributed by atoms with Crippen molar-refractivity contribution in [2.24, 2.45) is 5.10 Å². The molecular weight excluding hydrogens is 239 g/mol. The molecule has 1 aromatic rings. The number of benzene rings is 1. The summed E-state index contributed by atoms with van der Waals surface area (Å²) in [5, 5.41) is 12.9. The maximum Gasteiger partial charge on any atom is 0.265 e. The van der Waals surface area contributed by atoms with E-state index in [0.717, 1.165) is 0 Å². The van der Waals surface area contributed by atoms with Crippen LogP contribution in [0.4, 0.5) is 0 Å². The minimum Gasteiger partial charge on any atom is -0.386 e. The number of amides is 1. The van der Waals surface area contributed by atoms with Gasteiger partial charge >= 0.3 is 0 Å². The van der Waals surface area contributed by atoms with E-state index in [1.807, 2.05) is 0 Å². The van der Waals surface area contributed by atoms with Crippen LogP contribution >= 0.6 is 23.2 Å². The maximum atomic E-state index is 10.6. The molecule has 0 fully saturated rings. The van der Waals surface area contributed by atoms with Crippen LogP contribution in [-0.2, 0) is 4.79 Å². The summed E-state index contributed by atoms with van der Waals surface area (Å²) >= 11 is 11.7. The van der Waals surface area contributed by atoms with E-state index in [2.05, 4.69) is 10.5 Å². The number of halogens is 2. The molecule has 15 heavy (non-hydrogen) atoms. The number of carbonyl (C=O) groups excluding carboxylic acids is 1.